The molecule has 0 aliphatic heterocycles. The van der Waals surface area contributed by atoms with E-state index in [4.69, 9.17) is 16.3 Å². The molecule has 1 N–H and O–H groups in total. The van der Waals surface area contributed by atoms with Crippen LogP contribution in [-0.2, 0) is 27.9 Å². The van der Waals surface area contributed by atoms with Gasteiger partial charge in [0.05, 0.1) is 11.5 Å². The van der Waals surface area contributed by atoms with Crippen LogP contribution in [0.15, 0.2) is 47.4 Å². The lowest BCUT2D eigenvalue weighted by Gasteiger charge is -2.12. The van der Waals surface area contributed by atoms with Crippen LogP contribution >= 0.6 is 11.6 Å². The first-order valence-corrected chi connectivity index (χ1v) is 8.61. The first kappa shape index (κ1) is 17.0. The van der Waals surface area contributed by atoms with Crippen molar-refractivity contribution in [3.63, 3.8) is 0 Å². The maximum atomic E-state index is 12.4. The molecule has 4 nitrogen and oxygen atoms in total. The Labute approximate surface area is 136 Å². The molecule has 0 saturated heterocycles. The molecule has 0 bridgehead atoms. The largest absolute Gasteiger partial charge is 0.380 e. The first-order valence-electron chi connectivity index (χ1n) is 6.75. The zero-order valence-corrected chi connectivity index (χ0v) is 14.0. The molecular weight excluding hydrogens is 322 g/mol. The van der Waals surface area contributed by atoms with Crippen LogP contribution in [-0.4, -0.2) is 15.5 Å². The van der Waals surface area contributed by atoms with E-state index in [2.05, 4.69) is 4.72 Å². The van der Waals surface area contributed by atoms with Gasteiger partial charge in [0.1, 0.15) is 0 Å². The summed E-state index contributed by atoms with van der Waals surface area (Å²) in [5, 5.41) is 0.394. The van der Waals surface area contributed by atoms with Crippen LogP contribution in [0.25, 0.3) is 0 Å². The van der Waals surface area contributed by atoms with Crippen molar-refractivity contribution < 1.29 is 13.2 Å². The van der Waals surface area contributed by atoms with Crippen molar-refractivity contribution in [2.75, 3.05) is 7.11 Å². The molecule has 0 aliphatic carbocycles. The van der Waals surface area contributed by atoms with Crippen LogP contribution < -0.4 is 4.72 Å². The maximum absolute atomic E-state index is 12.4. The SMILES string of the molecule is COCc1ccccc1CNS(=O)(=O)c1cc(Cl)ccc1C. The molecule has 118 valence electrons. The number of hydrogen-bond donors (Lipinski definition) is 1. The highest BCUT2D eigenvalue weighted by Crippen LogP contribution is 2.20. The van der Waals surface area contributed by atoms with E-state index in [0.717, 1.165) is 11.1 Å². The highest BCUT2D eigenvalue weighted by Gasteiger charge is 2.17. The number of halogens is 1. The normalized spacial score (nSPS) is 11.6. The standard InChI is InChI=1S/C16H18ClNO3S/c1-12-7-8-15(17)9-16(12)22(19,20)18-10-13-5-3-4-6-14(13)11-21-2/h3-9,18H,10-11H2,1-2H3. The third-order valence-corrected chi connectivity index (χ3v) is 5.09. The van der Waals surface area contributed by atoms with Gasteiger partial charge in [-0.2, -0.15) is 0 Å². The van der Waals surface area contributed by atoms with Crippen molar-refractivity contribution in [2.24, 2.45) is 0 Å². The lowest BCUT2D eigenvalue weighted by Crippen LogP contribution is -2.24. The Balaban J connectivity index is 2.22. The molecule has 0 fully saturated rings. The van der Waals surface area contributed by atoms with E-state index < -0.39 is 10.0 Å². The molecular formula is C16H18ClNO3S. The monoisotopic (exact) mass is 339 g/mol. The van der Waals surface area contributed by atoms with Crippen LogP contribution in [0.2, 0.25) is 5.02 Å². The topological polar surface area (TPSA) is 55.4 Å². The molecule has 0 saturated carbocycles. The predicted molar refractivity (Wildman–Crippen MR) is 87.4 cm³/mol. The average Bonchev–Trinajstić information content (AvgIpc) is 2.49. The number of sulfonamides is 1. The first-order chi connectivity index (χ1) is 10.4. The molecule has 0 heterocycles. The summed E-state index contributed by atoms with van der Waals surface area (Å²) in [5.74, 6) is 0. The molecule has 0 aromatic heterocycles. The number of rotatable bonds is 6. The van der Waals surface area contributed by atoms with Crippen LogP contribution in [0.5, 0.6) is 0 Å². The second-order valence-electron chi connectivity index (χ2n) is 4.94. The molecule has 2 rings (SSSR count). The summed E-state index contributed by atoms with van der Waals surface area (Å²) in [6.07, 6.45) is 0. The van der Waals surface area contributed by atoms with Gasteiger partial charge in [-0.05, 0) is 35.7 Å². The molecule has 0 unspecified atom stereocenters. The summed E-state index contributed by atoms with van der Waals surface area (Å²) >= 11 is 5.90. The Morgan fingerprint density at radius 2 is 1.82 bits per heavy atom. The third kappa shape index (κ3) is 4.08. The van der Waals surface area contributed by atoms with E-state index >= 15 is 0 Å². The van der Waals surface area contributed by atoms with E-state index in [1.807, 2.05) is 24.3 Å². The van der Waals surface area contributed by atoms with Crippen molar-refractivity contribution in [1.29, 1.82) is 0 Å². The molecule has 0 amide bonds. The average molecular weight is 340 g/mol. The van der Waals surface area contributed by atoms with E-state index in [1.54, 1.807) is 26.2 Å². The van der Waals surface area contributed by atoms with Crippen molar-refractivity contribution in [2.45, 2.75) is 25.0 Å². The molecule has 0 spiro atoms. The van der Waals surface area contributed by atoms with Crippen molar-refractivity contribution in [3.8, 4) is 0 Å². The van der Waals surface area contributed by atoms with Gasteiger partial charge in [0.2, 0.25) is 10.0 Å². The summed E-state index contributed by atoms with van der Waals surface area (Å²) in [5.41, 5.74) is 2.49. The van der Waals surface area contributed by atoms with Crippen molar-refractivity contribution >= 4 is 21.6 Å². The number of benzene rings is 2. The van der Waals surface area contributed by atoms with Gasteiger partial charge in [-0.1, -0.05) is 41.9 Å². The fourth-order valence-corrected chi connectivity index (χ4v) is 3.65. The zero-order chi connectivity index (χ0) is 16.2. The summed E-state index contributed by atoms with van der Waals surface area (Å²) in [4.78, 5) is 0.198. The zero-order valence-electron chi connectivity index (χ0n) is 12.5. The van der Waals surface area contributed by atoms with Crippen LogP contribution in [0.3, 0.4) is 0 Å². The highest BCUT2D eigenvalue weighted by molar-refractivity contribution is 7.89. The third-order valence-electron chi connectivity index (χ3n) is 3.31. The highest BCUT2D eigenvalue weighted by atomic mass is 35.5. The summed E-state index contributed by atoms with van der Waals surface area (Å²) in [6, 6.07) is 12.4. The van der Waals surface area contributed by atoms with Gasteiger partial charge in [-0.15, -0.1) is 0 Å². The Bertz CT molecular complexity index is 760. The number of hydrogen-bond acceptors (Lipinski definition) is 3. The quantitative estimate of drug-likeness (QED) is 0.878. The number of aryl methyl sites for hydroxylation is 1. The van der Waals surface area contributed by atoms with E-state index in [9.17, 15) is 8.42 Å². The number of ether oxygens (including phenoxy) is 1. The number of nitrogens with one attached hydrogen (secondary N) is 1. The molecule has 22 heavy (non-hydrogen) atoms. The van der Waals surface area contributed by atoms with Crippen LogP contribution in [0, 0.1) is 6.92 Å². The van der Waals surface area contributed by atoms with Gasteiger partial charge in [-0.3, -0.25) is 0 Å². The van der Waals surface area contributed by atoms with Gasteiger partial charge in [0.15, 0.2) is 0 Å². The van der Waals surface area contributed by atoms with Crippen molar-refractivity contribution in [3.05, 3.63) is 64.2 Å². The van der Waals surface area contributed by atoms with Gasteiger partial charge in [-0.25, -0.2) is 13.1 Å². The second kappa shape index (κ2) is 7.24. The molecule has 0 radical (unpaired) electrons. The predicted octanol–water partition coefficient (Wildman–Crippen LogP) is 3.27. The Morgan fingerprint density at radius 1 is 1.14 bits per heavy atom. The minimum absolute atomic E-state index is 0.198. The van der Waals surface area contributed by atoms with E-state index in [0.29, 0.717) is 17.2 Å². The molecule has 6 heteroatoms. The Morgan fingerprint density at radius 3 is 2.50 bits per heavy atom. The van der Waals surface area contributed by atoms with Gasteiger partial charge in [0, 0.05) is 18.7 Å². The minimum Gasteiger partial charge on any atom is -0.380 e. The van der Waals surface area contributed by atoms with Gasteiger partial charge >= 0.3 is 0 Å². The summed E-state index contributed by atoms with van der Waals surface area (Å²) in [6.45, 7) is 2.38. The maximum Gasteiger partial charge on any atom is 0.241 e. The summed E-state index contributed by atoms with van der Waals surface area (Å²) in [7, 11) is -2.01. The van der Waals surface area contributed by atoms with E-state index in [-0.39, 0.29) is 11.4 Å². The fraction of sp³-hybridized carbons (Fsp3) is 0.250. The summed E-state index contributed by atoms with van der Waals surface area (Å²) < 4.78 is 32.6. The van der Waals surface area contributed by atoms with Gasteiger partial charge < -0.3 is 4.74 Å². The minimum atomic E-state index is -3.62. The molecule has 0 atom stereocenters. The molecule has 2 aromatic rings. The van der Waals surface area contributed by atoms with E-state index in [1.165, 1.54) is 6.07 Å². The molecule has 0 aliphatic rings. The van der Waals surface area contributed by atoms with Crippen molar-refractivity contribution in [1.82, 2.24) is 4.72 Å². The second-order valence-corrected chi connectivity index (χ2v) is 7.11. The van der Waals surface area contributed by atoms with Gasteiger partial charge in [0.25, 0.3) is 0 Å². The lowest BCUT2D eigenvalue weighted by atomic mass is 10.1. The van der Waals surface area contributed by atoms with Crippen LogP contribution in [0.4, 0.5) is 0 Å². The van der Waals surface area contributed by atoms with Crippen LogP contribution in [0.1, 0.15) is 16.7 Å². The molecule has 2 aromatic carbocycles. The fourth-order valence-electron chi connectivity index (χ4n) is 2.14. The Kier molecular flexibility index (Phi) is 5.58. The lowest BCUT2D eigenvalue weighted by molar-refractivity contribution is 0.184. The Hall–Kier alpha value is -1.40. The smallest absolute Gasteiger partial charge is 0.241 e. The number of methoxy groups -OCH3 is 1.